The van der Waals surface area contributed by atoms with Crippen molar-refractivity contribution in [3.63, 3.8) is 0 Å². The van der Waals surface area contributed by atoms with Gasteiger partial charge in [-0.2, -0.15) is 0 Å². The molecule has 1 aliphatic heterocycles. The Hall–Kier alpha value is -1.59. The van der Waals surface area contributed by atoms with Gasteiger partial charge < -0.3 is 14.6 Å². The van der Waals surface area contributed by atoms with E-state index in [0.717, 1.165) is 5.76 Å². The van der Waals surface area contributed by atoms with Crippen LogP contribution in [0.5, 0.6) is 0 Å². The van der Waals surface area contributed by atoms with Crippen molar-refractivity contribution < 1.29 is 17.6 Å². The predicted molar refractivity (Wildman–Crippen MR) is 106 cm³/mol. The first-order valence-corrected chi connectivity index (χ1v) is 12.2. The molecule has 2 aromatic heterocycles. The molecule has 0 bridgehead atoms. The van der Waals surface area contributed by atoms with Crippen LogP contribution in [0.4, 0.5) is 5.13 Å². The molecule has 0 aromatic carbocycles. The monoisotopic (exact) mass is 430 g/mol. The topological polar surface area (TPSA) is 105 Å². The van der Waals surface area contributed by atoms with Gasteiger partial charge in [0, 0.05) is 12.6 Å². The number of nitrogens with zero attached hydrogens (tertiary/aromatic N) is 3. The van der Waals surface area contributed by atoms with E-state index in [4.69, 9.17) is 4.42 Å². The predicted octanol–water partition coefficient (Wildman–Crippen LogP) is 2.26. The molecule has 1 aliphatic rings. The number of hydrogen-bond acceptors (Lipinski definition) is 9. The molecule has 3 rings (SSSR count). The quantitative estimate of drug-likeness (QED) is 0.636. The Morgan fingerprint density at radius 1 is 1.52 bits per heavy atom. The number of anilines is 1. The highest BCUT2D eigenvalue weighted by Crippen LogP contribution is 2.31. The van der Waals surface area contributed by atoms with Crippen LogP contribution in [0.3, 0.4) is 0 Å². The lowest BCUT2D eigenvalue weighted by molar-refractivity contribution is -0.131. The summed E-state index contributed by atoms with van der Waals surface area (Å²) in [4.78, 5) is 14.5. The van der Waals surface area contributed by atoms with E-state index in [2.05, 4.69) is 15.5 Å². The minimum absolute atomic E-state index is 0.0591. The molecule has 1 fully saturated rings. The maximum atomic E-state index is 12.8. The molecule has 0 spiro atoms. The number of hydrogen-bond donors (Lipinski definition) is 1. The van der Waals surface area contributed by atoms with Gasteiger partial charge in [-0.3, -0.25) is 4.79 Å². The largest absolute Gasteiger partial charge is 0.467 e. The Kier molecular flexibility index (Phi) is 6.43. The van der Waals surface area contributed by atoms with E-state index < -0.39 is 9.84 Å². The van der Waals surface area contributed by atoms with E-state index >= 15 is 0 Å². The summed E-state index contributed by atoms with van der Waals surface area (Å²) in [5.41, 5.74) is 0. The molecule has 8 nitrogen and oxygen atoms in total. The van der Waals surface area contributed by atoms with Crippen molar-refractivity contribution in [2.45, 2.75) is 42.4 Å². The Labute approximate surface area is 166 Å². The third-order valence-corrected chi connectivity index (χ3v) is 8.10. The molecule has 0 saturated carbocycles. The summed E-state index contributed by atoms with van der Waals surface area (Å²) in [5, 5.41) is 11.6. The summed E-state index contributed by atoms with van der Waals surface area (Å²) in [7, 11) is -3.03. The fraction of sp³-hybridized carbons (Fsp3) is 0.562. The number of sulfone groups is 1. The van der Waals surface area contributed by atoms with Crippen LogP contribution in [-0.2, 0) is 21.2 Å². The lowest BCUT2D eigenvalue weighted by atomic mass is 10.2. The summed E-state index contributed by atoms with van der Waals surface area (Å²) >= 11 is 2.71. The highest BCUT2D eigenvalue weighted by atomic mass is 32.2. The standard InChI is InChI=1S/C16H22N4O4S3/c1-3-20(12-6-8-27(22,23)10-12)14(21)11(2)25-16-19-18-15(26-16)17-9-13-5-4-7-24-13/h4-5,7,11-12H,3,6,8-10H2,1-2H3,(H,17,18)/t11-,12-/m1/s1. The van der Waals surface area contributed by atoms with Crippen LogP contribution in [0, 0.1) is 0 Å². The van der Waals surface area contributed by atoms with E-state index in [1.165, 1.54) is 23.1 Å². The zero-order valence-electron chi connectivity index (χ0n) is 15.1. The molecule has 27 heavy (non-hydrogen) atoms. The van der Waals surface area contributed by atoms with Gasteiger partial charge in [0.25, 0.3) is 0 Å². The summed E-state index contributed by atoms with van der Waals surface area (Å²) in [6.07, 6.45) is 2.12. The summed E-state index contributed by atoms with van der Waals surface area (Å²) < 4.78 is 29.4. The van der Waals surface area contributed by atoms with Crippen LogP contribution in [0.1, 0.15) is 26.0 Å². The Morgan fingerprint density at radius 2 is 2.33 bits per heavy atom. The number of amides is 1. The molecule has 2 aromatic rings. The number of carbonyl (C=O) groups excluding carboxylic acids is 1. The number of rotatable bonds is 8. The van der Waals surface area contributed by atoms with Gasteiger partial charge in [-0.05, 0) is 32.4 Å². The molecule has 0 aliphatic carbocycles. The van der Waals surface area contributed by atoms with Crippen molar-refractivity contribution in [2.75, 3.05) is 23.4 Å². The number of nitrogens with one attached hydrogen (secondary N) is 1. The second kappa shape index (κ2) is 8.61. The average molecular weight is 431 g/mol. The Balaban J connectivity index is 1.56. The van der Waals surface area contributed by atoms with Gasteiger partial charge in [-0.15, -0.1) is 10.2 Å². The van der Waals surface area contributed by atoms with Gasteiger partial charge in [0.2, 0.25) is 11.0 Å². The Bertz CT molecular complexity index is 866. The van der Waals surface area contributed by atoms with E-state index in [-0.39, 0.29) is 28.7 Å². The van der Waals surface area contributed by atoms with Crippen LogP contribution in [0.15, 0.2) is 27.2 Å². The van der Waals surface area contributed by atoms with Crippen molar-refractivity contribution >= 4 is 44.0 Å². The third-order valence-electron chi connectivity index (χ3n) is 4.30. The van der Waals surface area contributed by atoms with Crippen molar-refractivity contribution in [3.05, 3.63) is 24.2 Å². The highest BCUT2D eigenvalue weighted by Gasteiger charge is 2.35. The van der Waals surface area contributed by atoms with Gasteiger partial charge in [0.15, 0.2) is 14.2 Å². The van der Waals surface area contributed by atoms with E-state index in [1.807, 2.05) is 26.0 Å². The SMILES string of the molecule is CCN(C(=O)[C@@H](C)Sc1nnc(NCc2ccco2)s1)[C@@H]1CCS(=O)(=O)C1. The second-order valence-corrected chi connectivity index (χ2v) is 11.0. The van der Waals surface area contributed by atoms with Gasteiger partial charge in [0.05, 0.1) is 29.6 Å². The lowest BCUT2D eigenvalue weighted by Crippen LogP contribution is -2.44. The first kappa shape index (κ1) is 20.2. The van der Waals surface area contributed by atoms with Crippen molar-refractivity contribution in [2.24, 2.45) is 0 Å². The number of thioether (sulfide) groups is 1. The fourth-order valence-corrected chi connectivity index (χ4v) is 6.65. The average Bonchev–Trinajstić information content (AvgIpc) is 3.35. The minimum atomic E-state index is -3.03. The molecule has 0 unspecified atom stereocenters. The van der Waals surface area contributed by atoms with E-state index in [0.29, 0.717) is 29.0 Å². The van der Waals surface area contributed by atoms with E-state index in [1.54, 1.807) is 11.2 Å². The first-order valence-electron chi connectivity index (χ1n) is 8.65. The van der Waals surface area contributed by atoms with Crippen LogP contribution in [0.25, 0.3) is 0 Å². The highest BCUT2D eigenvalue weighted by molar-refractivity contribution is 8.02. The number of carbonyl (C=O) groups is 1. The molecule has 0 radical (unpaired) electrons. The van der Waals surface area contributed by atoms with Crippen LogP contribution >= 0.6 is 23.1 Å². The number of aromatic nitrogens is 2. The van der Waals surface area contributed by atoms with Gasteiger partial charge in [-0.1, -0.05) is 23.1 Å². The number of furan rings is 1. The molecule has 2 atom stereocenters. The van der Waals surface area contributed by atoms with Gasteiger partial charge in [0.1, 0.15) is 5.76 Å². The molecule has 3 heterocycles. The van der Waals surface area contributed by atoms with Gasteiger partial charge >= 0.3 is 0 Å². The van der Waals surface area contributed by atoms with E-state index in [9.17, 15) is 13.2 Å². The van der Waals surface area contributed by atoms with Crippen LogP contribution < -0.4 is 5.32 Å². The first-order chi connectivity index (χ1) is 12.9. The zero-order valence-corrected chi connectivity index (χ0v) is 17.6. The molecular formula is C16H22N4O4S3. The summed E-state index contributed by atoms with van der Waals surface area (Å²) in [6.45, 7) is 4.70. The summed E-state index contributed by atoms with van der Waals surface area (Å²) in [5.74, 6) is 0.950. The van der Waals surface area contributed by atoms with Crippen molar-refractivity contribution in [1.29, 1.82) is 0 Å². The molecule has 148 valence electrons. The minimum Gasteiger partial charge on any atom is -0.467 e. The Morgan fingerprint density at radius 3 is 2.96 bits per heavy atom. The smallest absolute Gasteiger partial charge is 0.236 e. The molecule has 1 N–H and O–H groups in total. The maximum absolute atomic E-state index is 12.8. The van der Waals surface area contributed by atoms with Crippen molar-refractivity contribution in [1.82, 2.24) is 15.1 Å². The molecule has 1 amide bonds. The van der Waals surface area contributed by atoms with Crippen LogP contribution in [0.2, 0.25) is 0 Å². The second-order valence-electron chi connectivity index (χ2n) is 6.25. The van der Waals surface area contributed by atoms with Crippen molar-refractivity contribution in [3.8, 4) is 0 Å². The van der Waals surface area contributed by atoms with Crippen LogP contribution in [-0.4, -0.2) is 58.8 Å². The molecule has 11 heteroatoms. The molecular weight excluding hydrogens is 408 g/mol. The van der Waals surface area contributed by atoms with Gasteiger partial charge in [-0.25, -0.2) is 8.42 Å². The lowest BCUT2D eigenvalue weighted by Gasteiger charge is -2.29. The maximum Gasteiger partial charge on any atom is 0.236 e. The molecule has 1 saturated heterocycles. The zero-order chi connectivity index (χ0) is 19.4. The normalized spacial score (nSPS) is 19.7. The fourth-order valence-electron chi connectivity index (χ4n) is 2.96. The summed E-state index contributed by atoms with van der Waals surface area (Å²) in [6, 6.07) is 3.46. The third kappa shape index (κ3) is 5.23.